The van der Waals surface area contributed by atoms with Crippen molar-refractivity contribution in [1.82, 2.24) is 5.32 Å². The van der Waals surface area contributed by atoms with Crippen LogP contribution in [0.15, 0.2) is 53.5 Å². The summed E-state index contributed by atoms with van der Waals surface area (Å²) in [6.45, 7) is 1.65. The van der Waals surface area contributed by atoms with Gasteiger partial charge in [-0.3, -0.25) is 9.79 Å². The van der Waals surface area contributed by atoms with Crippen LogP contribution in [0.1, 0.15) is 22.3 Å². The van der Waals surface area contributed by atoms with Crippen LogP contribution in [-0.4, -0.2) is 24.8 Å². The van der Waals surface area contributed by atoms with Crippen LogP contribution in [0.2, 0.25) is 0 Å². The van der Waals surface area contributed by atoms with Crippen LogP contribution in [0.25, 0.3) is 0 Å². The van der Waals surface area contributed by atoms with Crippen molar-refractivity contribution in [2.75, 3.05) is 18.4 Å². The molecule has 2 aromatic carbocycles. The minimum absolute atomic E-state index is 0.274. The van der Waals surface area contributed by atoms with Crippen molar-refractivity contribution in [1.29, 1.82) is 0 Å². The van der Waals surface area contributed by atoms with Gasteiger partial charge >= 0.3 is 0 Å². The number of carbonyl (C=O) groups excluding carboxylic acids is 1. The Balaban J connectivity index is 1.84. The lowest BCUT2D eigenvalue weighted by atomic mass is 10.1. The maximum atomic E-state index is 12.9. The Morgan fingerprint density at radius 2 is 1.91 bits per heavy atom. The number of amidine groups is 1. The molecule has 0 saturated heterocycles. The molecule has 0 aromatic heterocycles. The van der Waals surface area contributed by atoms with Crippen LogP contribution in [0.5, 0.6) is 0 Å². The van der Waals surface area contributed by atoms with E-state index < -0.39 is 0 Å². The number of benzene rings is 2. The molecule has 0 saturated carbocycles. The van der Waals surface area contributed by atoms with E-state index in [-0.39, 0.29) is 11.7 Å². The highest BCUT2D eigenvalue weighted by atomic mass is 19.1. The monoisotopic (exact) mass is 297 g/mol. The van der Waals surface area contributed by atoms with Gasteiger partial charge in [0, 0.05) is 24.2 Å². The SMILES string of the molecule is O=C(Nc1ccccc1C1=NCCCN1)c1ccc(F)cc1. The number of rotatable bonds is 3. The lowest BCUT2D eigenvalue weighted by Gasteiger charge is -2.17. The molecule has 0 spiro atoms. The van der Waals surface area contributed by atoms with Crippen molar-refractivity contribution in [2.24, 2.45) is 4.99 Å². The van der Waals surface area contributed by atoms with Gasteiger partial charge in [0.1, 0.15) is 11.7 Å². The third-order valence-electron chi connectivity index (χ3n) is 3.43. The minimum Gasteiger partial charge on any atom is -0.370 e. The zero-order chi connectivity index (χ0) is 15.4. The number of aliphatic imine (C=N–C) groups is 1. The topological polar surface area (TPSA) is 53.5 Å². The van der Waals surface area contributed by atoms with Gasteiger partial charge in [-0.1, -0.05) is 12.1 Å². The average Bonchev–Trinajstić information content (AvgIpc) is 2.57. The first-order valence-corrected chi connectivity index (χ1v) is 7.19. The Morgan fingerprint density at radius 3 is 2.64 bits per heavy atom. The molecule has 0 unspecified atom stereocenters. The van der Waals surface area contributed by atoms with Gasteiger partial charge < -0.3 is 10.6 Å². The van der Waals surface area contributed by atoms with Gasteiger partial charge in [0.05, 0.1) is 5.69 Å². The highest BCUT2D eigenvalue weighted by Gasteiger charge is 2.14. The van der Waals surface area contributed by atoms with E-state index in [9.17, 15) is 9.18 Å². The summed E-state index contributed by atoms with van der Waals surface area (Å²) in [7, 11) is 0. The average molecular weight is 297 g/mol. The first-order valence-electron chi connectivity index (χ1n) is 7.19. The van der Waals surface area contributed by atoms with E-state index in [1.807, 2.05) is 24.3 Å². The molecule has 1 amide bonds. The summed E-state index contributed by atoms with van der Waals surface area (Å²) in [6, 6.07) is 13.0. The van der Waals surface area contributed by atoms with Crippen LogP contribution in [0, 0.1) is 5.82 Å². The van der Waals surface area contributed by atoms with Gasteiger partial charge in [-0.05, 0) is 42.8 Å². The number of para-hydroxylation sites is 1. The Hall–Kier alpha value is -2.69. The zero-order valence-electron chi connectivity index (χ0n) is 12.0. The summed E-state index contributed by atoms with van der Waals surface area (Å²) in [5.41, 5.74) is 1.96. The van der Waals surface area contributed by atoms with Crippen LogP contribution in [-0.2, 0) is 0 Å². The maximum absolute atomic E-state index is 12.9. The highest BCUT2D eigenvalue weighted by molar-refractivity contribution is 6.10. The lowest BCUT2D eigenvalue weighted by molar-refractivity contribution is 0.102. The number of carbonyl (C=O) groups is 1. The van der Waals surface area contributed by atoms with Crippen LogP contribution >= 0.6 is 0 Å². The third kappa shape index (κ3) is 3.14. The normalized spacial score (nSPS) is 14.0. The quantitative estimate of drug-likeness (QED) is 0.915. The fourth-order valence-corrected chi connectivity index (χ4v) is 2.31. The summed E-state index contributed by atoms with van der Waals surface area (Å²) < 4.78 is 12.9. The van der Waals surface area contributed by atoms with E-state index in [1.54, 1.807) is 0 Å². The van der Waals surface area contributed by atoms with E-state index in [2.05, 4.69) is 15.6 Å². The number of amides is 1. The number of nitrogens with zero attached hydrogens (tertiary/aromatic N) is 1. The Labute approximate surface area is 128 Å². The van der Waals surface area contributed by atoms with E-state index in [1.165, 1.54) is 24.3 Å². The number of hydrogen-bond acceptors (Lipinski definition) is 3. The standard InChI is InChI=1S/C17H16FN3O/c18-13-8-6-12(7-9-13)17(22)21-15-5-2-1-4-14(15)16-19-10-3-11-20-16/h1-2,4-9H,3,10-11H2,(H,19,20)(H,21,22). The Kier molecular flexibility index (Phi) is 4.14. The number of anilines is 1. The van der Waals surface area contributed by atoms with Crippen molar-refractivity contribution < 1.29 is 9.18 Å². The summed E-state index contributed by atoms with van der Waals surface area (Å²) in [4.78, 5) is 16.7. The third-order valence-corrected chi connectivity index (χ3v) is 3.43. The molecule has 5 heteroatoms. The van der Waals surface area contributed by atoms with Crippen LogP contribution in [0.3, 0.4) is 0 Å². The van der Waals surface area contributed by atoms with Gasteiger partial charge in [-0.25, -0.2) is 4.39 Å². The van der Waals surface area contributed by atoms with Crippen molar-refractivity contribution in [2.45, 2.75) is 6.42 Å². The largest absolute Gasteiger partial charge is 0.370 e. The molecule has 0 atom stereocenters. The molecule has 22 heavy (non-hydrogen) atoms. The van der Waals surface area contributed by atoms with Gasteiger partial charge in [0.15, 0.2) is 0 Å². The van der Waals surface area contributed by atoms with E-state index in [4.69, 9.17) is 0 Å². The molecule has 0 fully saturated rings. The number of nitrogens with one attached hydrogen (secondary N) is 2. The fourth-order valence-electron chi connectivity index (χ4n) is 2.31. The molecule has 0 radical (unpaired) electrons. The molecule has 3 rings (SSSR count). The van der Waals surface area contributed by atoms with Crippen LogP contribution in [0.4, 0.5) is 10.1 Å². The molecule has 4 nitrogen and oxygen atoms in total. The summed E-state index contributed by atoms with van der Waals surface area (Å²) in [5, 5.41) is 6.11. The van der Waals surface area contributed by atoms with Crippen molar-refractivity contribution in [3.63, 3.8) is 0 Å². The molecule has 0 aliphatic carbocycles. The molecule has 1 aliphatic rings. The van der Waals surface area contributed by atoms with Crippen molar-refractivity contribution >= 4 is 17.4 Å². The van der Waals surface area contributed by atoms with Gasteiger partial charge in [0.25, 0.3) is 5.91 Å². The summed E-state index contributed by atoms with van der Waals surface area (Å²) in [6.07, 6.45) is 1.01. The molecule has 112 valence electrons. The van der Waals surface area contributed by atoms with E-state index in [0.29, 0.717) is 11.3 Å². The predicted octanol–water partition coefficient (Wildman–Crippen LogP) is 2.82. The number of halogens is 1. The van der Waals surface area contributed by atoms with Crippen LogP contribution < -0.4 is 10.6 Å². The predicted molar refractivity (Wildman–Crippen MR) is 84.8 cm³/mol. The first-order chi connectivity index (χ1) is 10.7. The van der Waals surface area contributed by atoms with Crippen molar-refractivity contribution in [3.05, 3.63) is 65.5 Å². The Bertz CT molecular complexity index is 710. The lowest BCUT2D eigenvalue weighted by Crippen LogP contribution is -2.31. The molecule has 1 heterocycles. The summed E-state index contributed by atoms with van der Waals surface area (Å²) in [5.74, 6) is 0.155. The zero-order valence-corrected chi connectivity index (χ0v) is 12.0. The molecule has 2 N–H and O–H groups in total. The highest BCUT2D eigenvalue weighted by Crippen LogP contribution is 2.18. The Morgan fingerprint density at radius 1 is 1.14 bits per heavy atom. The first kappa shape index (κ1) is 14.3. The minimum atomic E-state index is -0.363. The second kappa shape index (κ2) is 6.39. The molecule has 1 aliphatic heterocycles. The number of hydrogen-bond donors (Lipinski definition) is 2. The second-order valence-corrected chi connectivity index (χ2v) is 5.02. The maximum Gasteiger partial charge on any atom is 0.255 e. The van der Waals surface area contributed by atoms with E-state index in [0.717, 1.165) is 30.9 Å². The fraction of sp³-hybridized carbons (Fsp3) is 0.176. The molecule has 2 aromatic rings. The second-order valence-electron chi connectivity index (χ2n) is 5.02. The van der Waals surface area contributed by atoms with E-state index >= 15 is 0 Å². The van der Waals surface area contributed by atoms with Crippen molar-refractivity contribution in [3.8, 4) is 0 Å². The summed E-state index contributed by atoms with van der Waals surface area (Å²) >= 11 is 0. The van der Waals surface area contributed by atoms with Gasteiger partial charge in [-0.15, -0.1) is 0 Å². The molecular weight excluding hydrogens is 281 g/mol. The van der Waals surface area contributed by atoms with Gasteiger partial charge in [-0.2, -0.15) is 0 Å². The smallest absolute Gasteiger partial charge is 0.255 e. The molecule has 0 bridgehead atoms. The molecular formula is C17H16FN3O. The van der Waals surface area contributed by atoms with Gasteiger partial charge in [0.2, 0.25) is 0 Å².